The number of primary amides is 1. The molecule has 0 spiro atoms. The maximum absolute atomic E-state index is 10.5. The van der Waals surface area contributed by atoms with E-state index in [1.165, 1.54) is 0 Å². The van der Waals surface area contributed by atoms with Crippen molar-refractivity contribution in [2.45, 2.75) is 12.5 Å². The third-order valence-corrected chi connectivity index (χ3v) is 1.49. The highest BCUT2D eigenvalue weighted by atomic mass is 35.5. The lowest BCUT2D eigenvalue weighted by Crippen LogP contribution is -2.37. The van der Waals surface area contributed by atoms with Crippen molar-refractivity contribution in [3.05, 3.63) is 12.2 Å². The molecule has 0 bridgehead atoms. The number of carbonyl (C=O) groups excluding carboxylic acids is 1. The van der Waals surface area contributed by atoms with Crippen LogP contribution in [0, 0.1) is 0 Å². The van der Waals surface area contributed by atoms with Crippen LogP contribution in [0.1, 0.15) is 6.42 Å². The Bertz CT molecular complexity index is 158. The third kappa shape index (κ3) is 1.72. The predicted molar refractivity (Wildman–Crippen MR) is 42.0 cm³/mol. The number of hydrogen-bond acceptors (Lipinski definition) is 2. The van der Waals surface area contributed by atoms with Crippen LogP contribution in [-0.2, 0) is 4.79 Å². The van der Waals surface area contributed by atoms with Crippen LogP contribution in [0.2, 0.25) is 0 Å². The van der Waals surface area contributed by atoms with Crippen molar-refractivity contribution in [2.75, 3.05) is 6.54 Å². The first-order valence-corrected chi connectivity index (χ1v) is 2.92. The third-order valence-electron chi connectivity index (χ3n) is 1.49. The molecule has 3 nitrogen and oxygen atoms in total. The van der Waals surface area contributed by atoms with Gasteiger partial charge in [-0.15, -0.1) is 12.4 Å². The largest absolute Gasteiger partial charge is 0.368 e. The predicted octanol–water partition coefficient (Wildman–Crippen LogP) is -0.188. The molecule has 1 aliphatic rings. The van der Waals surface area contributed by atoms with Gasteiger partial charge in [0.1, 0.15) is 6.04 Å². The number of nitrogens with two attached hydrogens (primary N) is 1. The Balaban J connectivity index is 0.000000810. The van der Waals surface area contributed by atoms with Crippen LogP contribution in [0.15, 0.2) is 12.2 Å². The molecule has 1 saturated heterocycles. The van der Waals surface area contributed by atoms with E-state index in [1.54, 1.807) is 0 Å². The van der Waals surface area contributed by atoms with Gasteiger partial charge in [-0.3, -0.25) is 4.79 Å². The van der Waals surface area contributed by atoms with Crippen molar-refractivity contribution in [3.8, 4) is 0 Å². The van der Waals surface area contributed by atoms with Crippen LogP contribution < -0.4 is 11.1 Å². The molecule has 1 amide bonds. The lowest BCUT2D eigenvalue weighted by molar-refractivity contribution is -0.118. The highest BCUT2D eigenvalue weighted by Crippen LogP contribution is 2.09. The quantitative estimate of drug-likeness (QED) is 0.526. The zero-order valence-electron chi connectivity index (χ0n) is 5.59. The highest BCUT2D eigenvalue weighted by Gasteiger charge is 2.22. The number of hydrogen-bond donors (Lipinski definition) is 2. The van der Waals surface area contributed by atoms with E-state index in [4.69, 9.17) is 5.73 Å². The van der Waals surface area contributed by atoms with E-state index < -0.39 is 0 Å². The second-order valence-corrected chi connectivity index (χ2v) is 2.20. The Hall–Kier alpha value is -0.540. The van der Waals surface area contributed by atoms with E-state index in [1.807, 2.05) is 0 Å². The minimum absolute atomic E-state index is 0. The molecule has 3 N–H and O–H groups in total. The normalized spacial score (nSPS) is 24.0. The molecule has 1 rings (SSSR count). The lowest BCUT2D eigenvalue weighted by Gasteiger charge is -2.04. The molecule has 4 heteroatoms. The van der Waals surface area contributed by atoms with Gasteiger partial charge >= 0.3 is 0 Å². The van der Waals surface area contributed by atoms with Crippen molar-refractivity contribution < 1.29 is 4.79 Å². The van der Waals surface area contributed by atoms with E-state index in [0.717, 1.165) is 18.5 Å². The molecule has 0 aliphatic carbocycles. The van der Waals surface area contributed by atoms with Gasteiger partial charge in [0.15, 0.2) is 0 Å². The molecule has 0 saturated carbocycles. The summed E-state index contributed by atoms with van der Waals surface area (Å²) in [6.07, 6.45) is 0.869. The second kappa shape index (κ2) is 3.58. The van der Waals surface area contributed by atoms with Crippen LogP contribution in [-0.4, -0.2) is 18.5 Å². The first-order chi connectivity index (χ1) is 4.22. The average molecular weight is 163 g/mol. The smallest absolute Gasteiger partial charge is 0.238 e. The van der Waals surface area contributed by atoms with Crippen LogP contribution in [0.25, 0.3) is 0 Å². The number of carbonyl (C=O) groups is 1. The molecule has 1 fully saturated rings. The molecule has 10 heavy (non-hydrogen) atoms. The fourth-order valence-corrected chi connectivity index (χ4v) is 0.968. The summed E-state index contributed by atoms with van der Waals surface area (Å²) in [7, 11) is 0. The summed E-state index contributed by atoms with van der Waals surface area (Å²) in [4.78, 5) is 10.5. The molecule has 0 aromatic heterocycles. The van der Waals surface area contributed by atoms with Crippen LogP contribution >= 0.6 is 12.4 Å². The van der Waals surface area contributed by atoms with E-state index in [-0.39, 0.29) is 24.4 Å². The fraction of sp³-hybridized carbons (Fsp3) is 0.500. The Morgan fingerprint density at radius 2 is 2.40 bits per heavy atom. The Kier molecular flexibility index (Phi) is 3.39. The summed E-state index contributed by atoms with van der Waals surface area (Å²) < 4.78 is 0. The first-order valence-electron chi connectivity index (χ1n) is 2.92. The van der Waals surface area contributed by atoms with Crippen LogP contribution in [0.4, 0.5) is 0 Å². The molecule has 0 aromatic carbocycles. The van der Waals surface area contributed by atoms with Gasteiger partial charge < -0.3 is 11.1 Å². The minimum Gasteiger partial charge on any atom is -0.368 e. The molecular formula is C6H11ClN2O. The molecular weight excluding hydrogens is 152 g/mol. The fourth-order valence-electron chi connectivity index (χ4n) is 0.968. The lowest BCUT2D eigenvalue weighted by atomic mass is 10.1. The van der Waals surface area contributed by atoms with Crippen LogP contribution in [0.3, 0.4) is 0 Å². The van der Waals surface area contributed by atoms with Gasteiger partial charge in [0.2, 0.25) is 5.91 Å². The molecule has 1 atom stereocenters. The van der Waals surface area contributed by atoms with Crippen molar-refractivity contribution in [1.29, 1.82) is 0 Å². The van der Waals surface area contributed by atoms with Crippen molar-refractivity contribution >= 4 is 18.3 Å². The Morgan fingerprint density at radius 1 is 1.80 bits per heavy atom. The van der Waals surface area contributed by atoms with E-state index in [2.05, 4.69) is 11.9 Å². The molecule has 0 aromatic rings. The Morgan fingerprint density at radius 3 is 2.60 bits per heavy atom. The van der Waals surface area contributed by atoms with Crippen molar-refractivity contribution in [2.24, 2.45) is 5.73 Å². The zero-order chi connectivity index (χ0) is 6.85. The SMILES string of the molecule is C=C1CCN[C@@H]1C(N)=O.Cl. The van der Waals surface area contributed by atoms with Crippen LogP contribution in [0.5, 0.6) is 0 Å². The average Bonchev–Trinajstić information content (AvgIpc) is 2.13. The summed E-state index contributed by atoms with van der Waals surface area (Å²) >= 11 is 0. The van der Waals surface area contributed by atoms with Gasteiger partial charge in [-0.25, -0.2) is 0 Å². The number of amides is 1. The summed E-state index contributed by atoms with van der Waals surface area (Å²) in [6.45, 7) is 4.52. The molecule has 1 heterocycles. The topological polar surface area (TPSA) is 55.1 Å². The molecule has 0 radical (unpaired) electrons. The molecule has 58 valence electrons. The maximum atomic E-state index is 10.5. The summed E-state index contributed by atoms with van der Waals surface area (Å²) in [5, 5.41) is 2.93. The van der Waals surface area contributed by atoms with Crippen molar-refractivity contribution in [3.63, 3.8) is 0 Å². The van der Waals surface area contributed by atoms with Gasteiger partial charge in [0.05, 0.1) is 0 Å². The van der Waals surface area contributed by atoms with Gasteiger partial charge in [-0.05, 0) is 18.5 Å². The monoisotopic (exact) mass is 162 g/mol. The van der Waals surface area contributed by atoms with E-state index in [0.29, 0.717) is 0 Å². The van der Waals surface area contributed by atoms with E-state index >= 15 is 0 Å². The number of halogens is 1. The first kappa shape index (κ1) is 9.46. The second-order valence-electron chi connectivity index (χ2n) is 2.20. The molecule has 1 aliphatic heterocycles. The van der Waals surface area contributed by atoms with Crippen molar-refractivity contribution in [1.82, 2.24) is 5.32 Å². The van der Waals surface area contributed by atoms with Gasteiger partial charge in [-0.2, -0.15) is 0 Å². The van der Waals surface area contributed by atoms with Gasteiger partial charge in [-0.1, -0.05) is 6.58 Å². The van der Waals surface area contributed by atoms with Gasteiger partial charge in [0.25, 0.3) is 0 Å². The summed E-state index contributed by atoms with van der Waals surface area (Å²) in [5.74, 6) is -0.322. The minimum atomic E-state index is -0.322. The van der Waals surface area contributed by atoms with Gasteiger partial charge in [0, 0.05) is 0 Å². The number of nitrogens with one attached hydrogen (secondary N) is 1. The standard InChI is InChI=1S/C6H10N2O.ClH/c1-4-2-3-8-5(4)6(7)9;/h5,8H,1-3H2,(H2,7,9);1H/t5-;/m0./s1. The molecule has 0 unspecified atom stereocenters. The Labute approximate surface area is 66.1 Å². The summed E-state index contributed by atoms with van der Waals surface area (Å²) in [5.41, 5.74) is 5.93. The number of rotatable bonds is 1. The van der Waals surface area contributed by atoms with E-state index in [9.17, 15) is 4.79 Å². The zero-order valence-corrected chi connectivity index (χ0v) is 6.41. The highest BCUT2D eigenvalue weighted by molar-refractivity contribution is 5.85. The summed E-state index contributed by atoms with van der Waals surface area (Å²) in [6, 6.07) is -0.273. The maximum Gasteiger partial charge on any atom is 0.238 e.